The molecule has 1 amide bonds. The molecular weight excluding hydrogens is 430 g/mol. The van der Waals surface area contributed by atoms with Gasteiger partial charge >= 0.3 is 0 Å². The Balaban J connectivity index is 1.58. The zero-order chi connectivity index (χ0) is 20.4. The maximum atomic E-state index is 13.2. The molecule has 29 heavy (non-hydrogen) atoms. The van der Waals surface area contributed by atoms with Gasteiger partial charge in [-0.05, 0) is 36.8 Å². The number of amides is 1. The molecule has 3 heterocycles. The predicted octanol–water partition coefficient (Wildman–Crippen LogP) is 4.68. The van der Waals surface area contributed by atoms with E-state index in [1.807, 2.05) is 43.3 Å². The molecule has 10 heteroatoms. The molecule has 0 spiro atoms. The lowest BCUT2D eigenvalue weighted by Gasteiger charge is -2.22. The van der Waals surface area contributed by atoms with Crippen molar-refractivity contribution in [3.8, 4) is 0 Å². The van der Waals surface area contributed by atoms with Gasteiger partial charge in [-0.25, -0.2) is 5.01 Å². The van der Waals surface area contributed by atoms with E-state index in [0.29, 0.717) is 22.3 Å². The summed E-state index contributed by atoms with van der Waals surface area (Å²) in [6, 6.07) is 10.9. The summed E-state index contributed by atoms with van der Waals surface area (Å²) in [6.45, 7) is 1.85. The van der Waals surface area contributed by atoms with Gasteiger partial charge in [0.05, 0.1) is 17.2 Å². The minimum Gasteiger partial charge on any atom is -0.467 e. The van der Waals surface area contributed by atoms with Crippen LogP contribution >= 0.6 is 34.7 Å². The van der Waals surface area contributed by atoms with Crippen LogP contribution in [-0.4, -0.2) is 39.1 Å². The minimum absolute atomic E-state index is 0.110. The average molecular weight is 448 g/mol. The number of hydrogen-bond donors (Lipinski definition) is 1. The van der Waals surface area contributed by atoms with Gasteiger partial charge in [0.15, 0.2) is 4.34 Å². The van der Waals surface area contributed by atoms with Crippen molar-refractivity contribution in [3.05, 3.63) is 59.0 Å². The molecule has 150 valence electrons. The Bertz CT molecular complexity index is 1020. The normalized spacial score (nSPS) is 17.3. The molecule has 0 saturated heterocycles. The van der Waals surface area contributed by atoms with Crippen LogP contribution in [0.2, 0.25) is 5.02 Å². The molecule has 0 saturated carbocycles. The standard InChI is InChI=1S/C19H18ClN5O2S2/c1-11(28-19-23-22-18(21-2)29-19)17(26)25-15(16-4-3-9-27-16)10-14(24-25)12-5-7-13(20)8-6-12/h3-9,11,15H,10H2,1-2H3,(H,21,22). The van der Waals surface area contributed by atoms with Gasteiger partial charge in [-0.2, -0.15) is 5.10 Å². The summed E-state index contributed by atoms with van der Waals surface area (Å²) in [5.41, 5.74) is 1.76. The van der Waals surface area contributed by atoms with Gasteiger partial charge in [0.25, 0.3) is 5.91 Å². The summed E-state index contributed by atoms with van der Waals surface area (Å²) in [7, 11) is 1.79. The van der Waals surface area contributed by atoms with E-state index in [2.05, 4.69) is 20.6 Å². The van der Waals surface area contributed by atoms with Crippen LogP contribution < -0.4 is 5.32 Å². The van der Waals surface area contributed by atoms with Crippen LogP contribution in [0.1, 0.15) is 30.7 Å². The molecule has 1 N–H and O–H groups in total. The molecular formula is C19H18ClN5O2S2. The molecule has 2 unspecified atom stereocenters. The number of hydrogen-bond acceptors (Lipinski definition) is 8. The van der Waals surface area contributed by atoms with Crippen molar-refractivity contribution in [2.24, 2.45) is 5.10 Å². The molecule has 0 aliphatic carbocycles. The number of furan rings is 1. The second-order valence-corrected chi connectivity index (χ2v) is 9.36. The van der Waals surface area contributed by atoms with E-state index in [-0.39, 0.29) is 17.2 Å². The molecule has 4 rings (SSSR count). The van der Waals surface area contributed by atoms with Gasteiger partial charge in [0, 0.05) is 18.5 Å². The van der Waals surface area contributed by atoms with E-state index in [1.165, 1.54) is 28.1 Å². The fraction of sp³-hybridized carbons (Fsp3) is 0.263. The molecule has 0 bridgehead atoms. The summed E-state index contributed by atoms with van der Waals surface area (Å²) >= 11 is 8.78. The SMILES string of the molecule is CNc1nnc(SC(C)C(=O)N2N=C(c3ccc(Cl)cc3)CC2c2ccco2)s1. The van der Waals surface area contributed by atoms with Gasteiger partial charge in [0.1, 0.15) is 11.8 Å². The fourth-order valence-electron chi connectivity index (χ4n) is 2.98. The largest absolute Gasteiger partial charge is 0.467 e. The summed E-state index contributed by atoms with van der Waals surface area (Å²) < 4.78 is 6.32. The van der Waals surface area contributed by atoms with Crippen LogP contribution in [-0.2, 0) is 4.79 Å². The molecule has 0 radical (unpaired) electrons. The summed E-state index contributed by atoms with van der Waals surface area (Å²) in [6.07, 6.45) is 2.18. The first-order valence-electron chi connectivity index (χ1n) is 8.93. The number of carbonyl (C=O) groups excluding carboxylic acids is 1. The maximum Gasteiger partial charge on any atom is 0.256 e. The number of thioether (sulfide) groups is 1. The van der Waals surface area contributed by atoms with E-state index in [0.717, 1.165) is 15.6 Å². The zero-order valence-corrected chi connectivity index (χ0v) is 18.1. The number of rotatable bonds is 6. The van der Waals surface area contributed by atoms with Gasteiger partial charge < -0.3 is 9.73 Å². The second kappa shape index (κ2) is 8.56. The van der Waals surface area contributed by atoms with Crippen molar-refractivity contribution >= 4 is 51.5 Å². The molecule has 1 aromatic carbocycles. The predicted molar refractivity (Wildman–Crippen MR) is 116 cm³/mol. The Kier molecular flexibility index (Phi) is 5.89. The third kappa shape index (κ3) is 4.31. The number of anilines is 1. The van der Waals surface area contributed by atoms with Gasteiger partial charge in [-0.3, -0.25) is 4.79 Å². The van der Waals surface area contributed by atoms with Gasteiger partial charge in [-0.15, -0.1) is 10.2 Å². The van der Waals surface area contributed by atoms with Crippen molar-refractivity contribution < 1.29 is 9.21 Å². The lowest BCUT2D eigenvalue weighted by Crippen LogP contribution is -2.33. The number of aromatic nitrogens is 2. The smallest absolute Gasteiger partial charge is 0.256 e. The van der Waals surface area contributed by atoms with Crippen LogP contribution in [0, 0.1) is 0 Å². The van der Waals surface area contributed by atoms with E-state index in [9.17, 15) is 4.79 Å². The van der Waals surface area contributed by atoms with E-state index >= 15 is 0 Å². The molecule has 1 aliphatic heterocycles. The summed E-state index contributed by atoms with van der Waals surface area (Å²) in [5, 5.41) is 18.2. The zero-order valence-electron chi connectivity index (χ0n) is 15.7. The maximum absolute atomic E-state index is 13.2. The van der Waals surface area contributed by atoms with Crippen LogP contribution in [0.4, 0.5) is 5.13 Å². The lowest BCUT2D eigenvalue weighted by molar-refractivity contribution is -0.132. The number of nitrogens with one attached hydrogen (secondary N) is 1. The van der Waals surface area contributed by atoms with Gasteiger partial charge in [0.2, 0.25) is 5.13 Å². The van der Waals surface area contributed by atoms with Crippen molar-refractivity contribution in [3.63, 3.8) is 0 Å². The van der Waals surface area contributed by atoms with E-state index in [4.69, 9.17) is 16.0 Å². The molecule has 2 aromatic heterocycles. The fourth-order valence-corrected chi connectivity index (χ4v) is 5.00. The first-order chi connectivity index (χ1) is 14.0. The Morgan fingerprint density at radius 1 is 1.34 bits per heavy atom. The number of nitrogens with zero attached hydrogens (tertiary/aromatic N) is 4. The van der Waals surface area contributed by atoms with Crippen LogP contribution in [0.3, 0.4) is 0 Å². The highest BCUT2D eigenvalue weighted by Crippen LogP contribution is 2.36. The minimum atomic E-state index is -0.376. The number of carbonyl (C=O) groups is 1. The summed E-state index contributed by atoms with van der Waals surface area (Å²) in [4.78, 5) is 13.2. The Hall–Kier alpha value is -2.36. The Labute approximate surface area is 181 Å². The van der Waals surface area contributed by atoms with Crippen molar-refractivity contribution in [1.82, 2.24) is 15.2 Å². The first kappa shape index (κ1) is 19.9. The van der Waals surface area contributed by atoms with Crippen LogP contribution in [0.5, 0.6) is 0 Å². The molecule has 0 fully saturated rings. The van der Waals surface area contributed by atoms with Crippen LogP contribution in [0.15, 0.2) is 56.5 Å². The quantitative estimate of drug-likeness (QED) is 0.552. The third-order valence-corrected chi connectivity index (χ3v) is 6.80. The van der Waals surface area contributed by atoms with Crippen molar-refractivity contribution in [1.29, 1.82) is 0 Å². The van der Waals surface area contributed by atoms with Gasteiger partial charge in [-0.1, -0.05) is 46.8 Å². The monoisotopic (exact) mass is 447 g/mol. The van der Waals surface area contributed by atoms with Crippen molar-refractivity contribution in [2.75, 3.05) is 12.4 Å². The number of halogens is 1. The van der Waals surface area contributed by atoms with Crippen LogP contribution in [0.25, 0.3) is 0 Å². The lowest BCUT2D eigenvalue weighted by atomic mass is 10.0. The van der Waals surface area contributed by atoms with E-state index < -0.39 is 0 Å². The third-order valence-electron chi connectivity index (χ3n) is 4.43. The second-order valence-electron chi connectivity index (χ2n) is 6.35. The van der Waals surface area contributed by atoms with E-state index in [1.54, 1.807) is 13.3 Å². The Morgan fingerprint density at radius 2 is 2.14 bits per heavy atom. The average Bonchev–Trinajstić information content (AvgIpc) is 3.47. The molecule has 7 nitrogen and oxygen atoms in total. The first-order valence-corrected chi connectivity index (χ1v) is 11.0. The molecule has 1 aliphatic rings. The number of hydrazone groups is 1. The number of benzene rings is 1. The molecule has 2 atom stereocenters. The van der Waals surface area contributed by atoms with Crippen molar-refractivity contribution in [2.45, 2.75) is 29.0 Å². The highest BCUT2D eigenvalue weighted by atomic mass is 35.5. The highest BCUT2D eigenvalue weighted by Gasteiger charge is 2.37. The Morgan fingerprint density at radius 3 is 2.79 bits per heavy atom. The topological polar surface area (TPSA) is 83.6 Å². The highest BCUT2D eigenvalue weighted by molar-refractivity contribution is 8.02. The molecule has 3 aromatic rings. The summed E-state index contributed by atoms with van der Waals surface area (Å²) in [5.74, 6) is 0.596.